The van der Waals surface area contributed by atoms with Crippen LogP contribution in [0.4, 0.5) is 5.13 Å². The van der Waals surface area contributed by atoms with Gasteiger partial charge in [-0.05, 0) is 50.9 Å². The van der Waals surface area contributed by atoms with E-state index in [4.69, 9.17) is 0 Å². The summed E-state index contributed by atoms with van der Waals surface area (Å²) in [5, 5.41) is 7.72. The minimum atomic E-state index is -0.626. The fourth-order valence-electron chi connectivity index (χ4n) is 3.85. The predicted molar refractivity (Wildman–Crippen MR) is 82.0 cm³/mol. The molecule has 2 aliphatic rings. The molecular formula is C15H21N3O2S. The second-order valence-electron chi connectivity index (χ2n) is 6.35. The standard InChI is InChI=1S/C15H21N3O2S/c1-8-7-21-15(16-8)18-14(20)13(19)17-9(2)12-6-10-3-4-11(12)5-10/h7,9-12H,3-6H2,1-2H3,(H,17,19)(H,16,18,20). The maximum absolute atomic E-state index is 12.0. The van der Waals surface area contributed by atoms with Crippen molar-refractivity contribution in [3.63, 3.8) is 0 Å². The quantitative estimate of drug-likeness (QED) is 0.842. The summed E-state index contributed by atoms with van der Waals surface area (Å²) in [4.78, 5) is 28.0. The number of carbonyl (C=O) groups excluding carboxylic acids is 2. The van der Waals surface area contributed by atoms with Gasteiger partial charge in [0.25, 0.3) is 0 Å². The van der Waals surface area contributed by atoms with Crippen molar-refractivity contribution >= 4 is 28.3 Å². The fourth-order valence-corrected chi connectivity index (χ4v) is 4.53. The topological polar surface area (TPSA) is 71.1 Å². The number of nitrogens with one attached hydrogen (secondary N) is 2. The minimum Gasteiger partial charge on any atom is -0.345 e. The van der Waals surface area contributed by atoms with Gasteiger partial charge in [-0.2, -0.15) is 0 Å². The van der Waals surface area contributed by atoms with Crippen molar-refractivity contribution in [1.29, 1.82) is 0 Å². The van der Waals surface area contributed by atoms with Crippen LogP contribution in [0.15, 0.2) is 5.38 Å². The first kappa shape index (κ1) is 14.5. The lowest BCUT2D eigenvalue weighted by Gasteiger charge is -2.28. The van der Waals surface area contributed by atoms with E-state index in [1.807, 2.05) is 19.2 Å². The van der Waals surface area contributed by atoms with Crippen LogP contribution in [-0.4, -0.2) is 22.8 Å². The molecule has 5 nitrogen and oxygen atoms in total. The average molecular weight is 307 g/mol. The van der Waals surface area contributed by atoms with Crippen LogP contribution in [0.2, 0.25) is 0 Å². The molecule has 0 aliphatic heterocycles. The molecule has 2 bridgehead atoms. The van der Waals surface area contributed by atoms with E-state index in [0.717, 1.165) is 17.5 Å². The number of hydrogen-bond acceptors (Lipinski definition) is 4. The van der Waals surface area contributed by atoms with E-state index in [-0.39, 0.29) is 6.04 Å². The molecule has 2 fully saturated rings. The Morgan fingerprint density at radius 1 is 1.33 bits per heavy atom. The van der Waals surface area contributed by atoms with E-state index < -0.39 is 11.8 Å². The first-order valence-electron chi connectivity index (χ1n) is 7.57. The molecule has 0 aromatic carbocycles. The molecule has 1 aromatic heterocycles. The predicted octanol–water partition coefficient (Wildman–Crippen LogP) is 2.33. The van der Waals surface area contributed by atoms with Crippen LogP contribution in [0.3, 0.4) is 0 Å². The Morgan fingerprint density at radius 3 is 2.71 bits per heavy atom. The zero-order valence-corrected chi connectivity index (χ0v) is 13.2. The molecule has 4 atom stereocenters. The maximum Gasteiger partial charge on any atom is 0.315 e. The molecule has 3 rings (SSSR count). The number of aromatic nitrogens is 1. The van der Waals surface area contributed by atoms with Crippen LogP contribution in [0.25, 0.3) is 0 Å². The van der Waals surface area contributed by atoms with Crippen LogP contribution in [0.5, 0.6) is 0 Å². The van der Waals surface area contributed by atoms with Gasteiger partial charge in [0.1, 0.15) is 0 Å². The molecule has 0 saturated heterocycles. The van der Waals surface area contributed by atoms with Gasteiger partial charge in [0.05, 0.1) is 5.69 Å². The summed E-state index contributed by atoms with van der Waals surface area (Å²) in [6.45, 7) is 3.87. The molecule has 1 heterocycles. The van der Waals surface area contributed by atoms with E-state index >= 15 is 0 Å². The second kappa shape index (κ2) is 5.75. The van der Waals surface area contributed by atoms with Crippen LogP contribution in [0.1, 0.15) is 38.3 Å². The Labute approximate surface area is 128 Å². The number of hydrogen-bond donors (Lipinski definition) is 2. The van der Waals surface area contributed by atoms with Crippen molar-refractivity contribution < 1.29 is 9.59 Å². The van der Waals surface area contributed by atoms with Gasteiger partial charge in [-0.15, -0.1) is 11.3 Å². The summed E-state index contributed by atoms with van der Waals surface area (Å²) < 4.78 is 0. The molecule has 4 unspecified atom stereocenters. The first-order valence-corrected chi connectivity index (χ1v) is 8.45. The number of aryl methyl sites for hydroxylation is 1. The van der Waals surface area contributed by atoms with E-state index in [9.17, 15) is 9.59 Å². The van der Waals surface area contributed by atoms with Gasteiger partial charge in [0.2, 0.25) is 0 Å². The van der Waals surface area contributed by atoms with Crippen molar-refractivity contribution in [2.45, 2.75) is 45.6 Å². The number of nitrogens with zero attached hydrogens (tertiary/aromatic N) is 1. The molecule has 114 valence electrons. The monoisotopic (exact) mass is 307 g/mol. The highest BCUT2D eigenvalue weighted by Gasteiger charge is 2.42. The highest BCUT2D eigenvalue weighted by atomic mass is 32.1. The third-order valence-electron chi connectivity index (χ3n) is 4.84. The smallest absolute Gasteiger partial charge is 0.315 e. The van der Waals surface area contributed by atoms with Crippen LogP contribution < -0.4 is 10.6 Å². The van der Waals surface area contributed by atoms with Crippen molar-refractivity contribution in [2.24, 2.45) is 17.8 Å². The zero-order valence-electron chi connectivity index (χ0n) is 12.4. The van der Waals surface area contributed by atoms with Crippen LogP contribution >= 0.6 is 11.3 Å². The van der Waals surface area contributed by atoms with E-state index in [1.165, 1.54) is 37.0 Å². The van der Waals surface area contributed by atoms with E-state index in [2.05, 4.69) is 15.6 Å². The van der Waals surface area contributed by atoms with Gasteiger partial charge in [-0.3, -0.25) is 14.9 Å². The third kappa shape index (κ3) is 3.10. The number of anilines is 1. The molecule has 1 aromatic rings. The van der Waals surface area contributed by atoms with Gasteiger partial charge in [0.15, 0.2) is 5.13 Å². The summed E-state index contributed by atoms with van der Waals surface area (Å²) in [6, 6.07) is 0.0663. The second-order valence-corrected chi connectivity index (χ2v) is 7.21. The molecule has 2 saturated carbocycles. The molecular weight excluding hydrogens is 286 g/mol. The van der Waals surface area contributed by atoms with E-state index in [0.29, 0.717) is 11.0 Å². The number of rotatable bonds is 3. The zero-order chi connectivity index (χ0) is 15.0. The fraction of sp³-hybridized carbons (Fsp3) is 0.667. The molecule has 0 spiro atoms. The molecule has 2 N–H and O–H groups in total. The third-order valence-corrected chi connectivity index (χ3v) is 5.72. The Kier molecular flexibility index (Phi) is 3.97. The maximum atomic E-state index is 12.0. The Hall–Kier alpha value is -1.43. The van der Waals surface area contributed by atoms with Gasteiger partial charge in [-0.25, -0.2) is 4.98 Å². The molecule has 21 heavy (non-hydrogen) atoms. The van der Waals surface area contributed by atoms with Gasteiger partial charge in [-0.1, -0.05) is 6.42 Å². The number of amides is 2. The number of carbonyl (C=O) groups is 2. The van der Waals surface area contributed by atoms with E-state index in [1.54, 1.807) is 0 Å². The van der Waals surface area contributed by atoms with Crippen molar-refractivity contribution in [1.82, 2.24) is 10.3 Å². The minimum absolute atomic E-state index is 0.0663. The Balaban J connectivity index is 1.52. The summed E-state index contributed by atoms with van der Waals surface area (Å²) in [5.74, 6) is 0.918. The summed E-state index contributed by atoms with van der Waals surface area (Å²) >= 11 is 1.33. The van der Waals surface area contributed by atoms with Crippen LogP contribution in [0, 0.1) is 24.7 Å². The van der Waals surface area contributed by atoms with Crippen LogP contribution in [-0.2, 0) is 9.59 Å². The highest BCUT2D eigenvalue weighted by molar-refractivity contribution is 7.14. The first-order chi connectivity index (χ1) is 10.0. The molecule has 0 radical (unpaired) electrons. The summed E-state index contributed by atoms with van der Waals surface area (Å²) in [7, 11) is 0. The van der Waals surface area contributed by atoms with Gasteiger partial charge in [0, 0.05) is 11.4 Å². The van der Waals surface area contributed by atoms with Crippen molar-refractivity contribution in [2.75, 3.05) is 5.32 Å². The van der Waals surface area contributed by atoms with Crippen molar-refractivity contribution in [3.8, 4) is 0 Å². The lowest BCUT2D eigenvalue weighted by atomic mass is 9.84. The normalized spacial score (nSPS) is 28.4. The summed E-state index contributed by atoms with van der Waals surface area (Å²) in [6.07, 6.45) is 5.11. The molecule has 6 heteroatoms. The number of fused-ring (bicyclic) bond motifs is 2. The van der Waals surface area contributed by atoms with Gasteiger partial charge < -0.3 is 5.32 Å². The number of thiazole rings is 1. The molecule has 2 aliphatic carbocycles. The largest absolute Gasteiger partial charge is 0.345 e. The van der Waals surface area contributed by atoms with Crippen molar-refractivity contribution in [3.05, 3.63) is 11.1 Å². The molecule has 2 amide bonds. The van der Waals surface area contributed by atoms with Gasteiger partial charge >= 0.3 is 11.8 Å². The Morgan fingerprint density at radius 2 is 2.14 bits per heavy atom. The average Bonchev–Trinajstić information content (AvgIpc) is 3.15. The highest BCUT2D eigenvalue weighted by Crippen LogP contribution is 2.49. The SMILES string of the molecule is Cc1csc(NC(=O)C(=O)NC(C)C2CC3CCC2C3)n1. The lowest BCUT2D eigenvalue weighted by molar-refractivity contribution is -0.136. The summed E-state index contributed by atoms with van der Waals surface area (Å²) in [5.41, 5.74) is 0.839. The lowest BCUT2D eigenvalue weighted by Crippen LogP contribution is -2.45. The Bertz CT molecular complexity index is 557.